The highest BCUT2D eigenvalue weighted by molar-refractivity contribution is 8.14. The minimum Gasteiger partial charge on any atom is -0.351 e. The second-order valence-electron chi connectivity index (χ2n) is 5.08. The maximum atomic E-state index is 7.88. The Morgan fingerprint density at radius 2 is 2.14 bits per heavy atom. The molecular weight excluding hydrogens is 192 g/mol. The van der Waals surface area contributed by atoms with Crippen molar-refractivity contribution >= 4 is 16.9 Å². The number of rotatable bonds is 3. The maximum absolute atomic E-state index is 7.88. The van der Waals surface area contributed by atoms with Gasteiger partial charge in [-0.15, -0.1) is 0 Å². The largest absolute Gasteiger partial charge is 0.351 e. The summed E-state index contributed by atoms with van der Waals surface area (Å²) >= 11 is 1.74. The fourth-order valence-corrected chi connectivity index (χ4v) is 2.71. The molecule has 0 aliphatic carbocycles. The fourth-order valence-electron chi connectivity index (χ4n) is 1.52. The molecule has 3 heteroatoms. The van der Waals surface area contributed by atoms with Gasteiger partial charge in [0.05, 0.1) is 0 Å². The third-order valence-electron chi connectivity index (χ3n) is 2.67. The second kappa shape index (κ2) is 4.56. The molecule has 1 fully saturated rings. The third-order valence-corrected chi connectivity index (χ3v) is 4.30. The Hall–Kier alpha value is -0.180. The Bertz CT molecular complexity index is 208. The minimum atomic E-state index is 0.317. The van der Waals surface area contributed by atoms with E-state index in [0.29, 0.717) is 10.7 Å². The Balaban J connectivity index is 2.47. The van der Waals surface area contributed by atoms with Gasteiger partial charge in [-0.25, -0.2) is 0 Å². The van der Waals surface area contributed by atoms with Crippen molar-refractivity contribution in [3.8, 4) is 0 Å². The van der Waals surface area contributed by atoms with Crippen LogP contribution in [0, 0.1) is 10.8 Å². The first-order valence-corrected chi connectivity index (χ1v) is 6.33. The Morgan fingerprint density at radius 1 is 1.50 bits per heavy atom. The monoisotopic (exact) mass is 214 g/mol. The van der Waals surface area contributed by atoms with Gasteiger partial charge >= 0.3 is 0 Å². The van der Waals surface area contributed by atoms with E-state index in [-0.39, 0.29) is 0 Å². The normalized spacial score (nSPS) is 23.3. The average molecular weight is 214 g/mol. The van der Waals surface area contributed by atoms with Crippen LogP contribution in [0.4, 0.5) is 0 Å². The molecule has 1 rings (SSSR count). The van der Waals surface area contributed by atoms with Gasteiger partial charge < -0.3 is 4.90 Å². The average Bonchev–Trinajstić information content (AvgIpc) is 2.43. The van der Waals surface area contributed by atoms with Gasteiger partial charge in [0, 0.05) is 18.3 Å². The van der Waals surface area contributed by atoms with Crippen molar-refractivity contribution in [1.82, 2.24) is 4.90 Å². The summed E-state index contributed by atoms with van der Waals surface area (Å²) in [5, 5.41) is 9.25. The summed E-state index contributed by atoms with van der Waals surface area (Å²) in [4.78, 5) is 2.23. The van der Waals surface area contributed by atoms with E-state index < -0.39 is 0 Å². The summed E-state index contributed by atoms with van der Waals surface area (Å²) in [7, 11) is 0. The van der Waals surface area contributed by atoms with Gasteiger partial charge in [0.2, 0.25) is 0 Å². The molecule has 1 N–H and O–H groups in total. The Labute approximate surface area is 92.0 Å². The van der Waals surface area contributed by atoms with Gasteiger partial charge in [0.1, 0.15) is 0 Å². The lowest BCUT2D eigenvalue weighted by molar-refractivity contribution is 0.329. The summed E-state index contributed by atoms with van der Waals surface area (Å²) in [6.07, 6.45) is 2.43. The lowest BCUT2D eigenvalue weighted by Crippen LogP contribution is -2.31. The van der Waals surface area contributed by atoms with Crippen molar-refractivity contribution in [2.24, 2.45) is 5.41 Å². The van der Waals surface area contributed by atoms with Gasteiger partial charge in [-0.3, -0.25) is 5.41 Å². The molecule has 1 aliphatic heterocycles. The highest BCUT2D eigenvalue weighted by Gasteiger charge is 2.35. The van der Waals surface area contributed by atoms with Crippen molar-refractivity contribution in [2.75, 3.05) is 13.1 Å². The van der Waals surface area contributed by atoms with Crippen molar-refractivity contribution < 1.29 is 0 Å². The van der Waals surface area contributed by atoms with E-state index in [4.69, 9.17) is 5.41 Å². The van der Waals surface area contributed by atoms with Crippen LogP contribution in [0.2, 0.25) is 0 Å². The number of nitrogens with zero attached hydrogens (tertiary/aromatic N) is 1. The highest BCUT2D eigenvalue weighted by Crippen LogP contribution is 2.37. The van der Waals surface area contributed by atoms with Gasteiger partial charge in [0.25, 0.3) is 0 Å². The van der Waals surface area contributed by atoms with Crippen molar-refractivity contribution in [3.05, 3.63) is 0 Å². The molecule has 1 unspecified atom stereocenters. The number of nitrogens with one attached hydrogen (secondary N) is 1. The van der Waals surface area contributed by atoms with Crippen LogP contribution in [0.25, 0.3) is 0 Å². The number of hydrogen-bond donors (Lipinski definition) is 1. The summed E-state index contributed by atoms with van der Waals surface area (Å²) < 4.78 is 0. The van der Waals surface area contributed by atoms with Crippen molar-refractivity contribution in [3.63, 3.8) is 0 Å². The standard InChI is InChI=1S/C11H22N2S/c1-5-6-7-13-8-9(11(2,3)4)14-10(13)12/h9,12H,5-8H2,1-4H3. The Morgan fingerprint density at radius 3 is 2.57 bits per heavy atom. The smallest absolute Gasteiger partial charge is 0.156 e. The predicted octanol–water partition coefficient (Wildman–Crippen LogP) is 3.18. The lowest BCUT2D eigenvalue weighted by atomic mass is 9.91. The molecule has 82 valence electrons. The predicted molar refractivity (Wildman–Crippen MR) is 65.0 cm³/mol. The molecule has 0 spiro atoms. The highest BCUT2D eigenvalue weighted by atomic mass is 32.2. The molecule has 0 radical (unpaired) electrons. The van der Waals surface area contributed by atoms with Crippen LogP contribution in [0.3, 0.4) is 0 Å². The van der Waals surface area contributed by atoms with Gasteiger partial charge in [-0.1, -0.05) is 45.9 Å². The van der Waals surface area contributed by atoms with E-state index in [1.807, 2.05) is 0 Å². The van der Waals surface area contributed by atoms with Crippen LogP contribution in [0.1, 0.15) is 40.5 Å². The van der Waals surface area contributed by atoms with Crippen molar-refractivity contribution in [2.45, 2.75) is 45.8 Å². The molecule has 1 saturated heterocycles. The quantitative estimate of drug-likeness (QED) is 0.781. The maximum Gasteiger partial charge on any atom is 0.156 e. The third kappa shape index (κ3) is 2.91. The molecule has 0 aromatic heterocycles. The van der Waals surface area contributed by atoms with E-state index in [0.717, 1.165) is 18.3 Å². The second-order valence-corrected chi connectivity index (χ2v) is 6.27. The molecule has 14 heavy (non-hydrogen) atoms. The summed E-state index contributed by atoms with van der Waals surface area (Å²) in [5.41, 5.74) is 0.317. The number of hydrogen-bond acceptors (Lipinski definition) is 2. The summed E-state index contributed by atoms with van der Waals surface area (Å²) in [6.45, 7) is 11.1. The molecular formula is C11H22N2S. The number of thioether (sulfide) groups is 1. The fraction of sp³-hybridized carbons (Fsp3) is 0.909. The first-order chi connectivity index (χ1) is 6.45. The summed E-state index contributed by atoms with van der Waals surface area (Å²) in [5.74, 6) is 0. The van der Waals surface area contributed by atoms with E-state index in [1.165, 1.54) is 12.8 Å². The van der Waals surface area contributed by atoms with E-state index in [2.05, 4.69) is 32.6 Å². The minimum absolute atomic E-state index is 0.317. The molecule has 0 amide bonds. The van der Waals surface area contributed by atoms with Crippen molar-refractivity contribution in [1.29, 1.82) is 5.41 Å². The van der Waals surface area contributed by atoms with E-state index in [9.17, 15) is 0 Å². The molecule has 1 aliphatic rings. The zero-order chi connectivity index (χ0) is 10.8. The first kappa shape index (κ1) is 11.9. The molecule has 2 nitrogen and oxygen atoms in total. The molecule has 0 bridgehead atoms. The van der Waals surface area contributed by atoms with Gasteiger partial charge in [0.15, 0.2) is 5.17 Å². The number of unbranched alkanes of at least 4 members (excludes halogenated alkanes) is 1. The molecule has 1 heterocycles. The summed E-state index contributed by atoms with van der Waals surface area (Å²) in [6, 6.07) is 0. The topological polar surface area (TPSA) is 27.1 Å². The van der Waals surface area contributed by atoms with Crippen LogP contribution >= 0.6 is 11.8 Å². The van der Waals surface area contributed by atoms with E-state index >= 15 is 0 Å². The van der Waals surface area contributed by atoms with Crippen LogP contribution in [0.5, 0.6) is 0 Å². The van der Waals surface area contributed by atoms with E-state index in [1.54, 1.807) is 11.8 Å². The van der Waals surface area contributed by atoms with Crippen LogP contribution in [-0.2, 0) is 0 Å². The molecule has 0 aromatic rings. The van der Waals surface area contributed by atoms with Gasteiger partial charge in [-0.2, -0.15) is 0 Å². The lowest BCUT2D eigenvalue weighted by Gasteiger charge is -2.25. The molecule has 0 saturated carbocycles. The Kier molecular flexibility index (Phi) is 3.87. The van der Waals surface area contributed by atoms with Crippen LogP contribution in [0.15, 0.2) is 0 Å². The zero-order valence-corrected chi connectivity index (χ0v) is 10.6. The van der Waals surface area contributed by atoms with Gasteiger partial charge in [-0.05, 0) is 11.8 Å². The SMILES string of the molecule is CCCCN1CC(C(C)(C)C)SC1=N. The molecule has 1 atom stereocenters. The van der Waals surface area contributed by atoms with Crippen LogP contribution in [-0.4, -0.2) is 28.4 Å². The van der Waals surface area contributed by atoms with Crippen LogP contribution < -0.4 is 0 Å². The molecule has 0 aromatic carbocycles. The zero-order valence-electron chi connectivity index (χ0n) is 9.76. The number of amidine groups is 1. The first-order valence-electron chi connectivity index (χ1n) is 5.45.